The van der Waals surface area contributed by atoms with Crippen LogP contribution in [0.5, 0.6) is 5.88 Å². The van der Waals surface area contributed by atoms with Crippen molar-refractivity contribution in [3.05, 3.63) is 47.3 Å². The van der Waals surface area contributed by atoms with Crippen LogP contribution in [0.2, 0.25) is 0 Å². The molecule has 8 rings (SSSR count). The zero-order chi connectivity index (χ0) is 35.9. The average Bonchev–Trinajstić information content (AvgIpc) is 3.31. The van der Waals surface area contributed by atoms with Gasteiger partial charge in [0.2, 0.25) is 5.91 Å². The van der Waals surface area contributed by atoms with Crippen LogP contribution in [-0.2, 0) is 16.1 Å². The second kappa shape index (κ2) is 12.1. The molecule has 7 heterocycles. The van der Waals surface area contributed by atoms with Gasteiger partial charge < -0.3 is 30.6 Å². The summed E-state index contributed by atoms with van der Waals surface area (Å²) in [5.41, 5.74) is 10.6. The Morgan fingerprint density at radius 3 is 2.55 bits per heavy atom. The molecule has 1 saturated carbocycles. The quantitative estimate of drug-likeness (QED) is 0.211. The molecule has 1 aliphatic carbocycles. The first kappa shape index (κ1) is 33.2. The number of nitrogens with two attached hydrogens (primary N) is 1. The second-order valence-corrected chi connectivity index (χ2v) is 15.2. The van der Waals surface area contributed by atoms with Crippen molar-refractivity contribution in [2.45, 2.75) is 102 Å². The highest BCUT2D eigenvalue weighted by molar-refractivity contribution is 6.06. The summed E-state index contributed by atoms with van der Waals surface area (Å²) in [6.07, 6.45) is 5.05. The molecule has 14 nitrogen and oxygen atoms in total. The van der Waals surface area contributed by atoms with Gasteiger partial charge in [-0.05, 0) is 90.0 Å². The molecule has 4 aromatic heterocycles. The fourth-order valence-corrected chi connectivity index (χ4v) is 8.24. The number of carbonyl (C=O) groups excluding carboxylic acids is 4. The molecule has 3 aliphatic heterocycles. The lowest BCUT2D eigenvalue weighted by atomic mass is 9.97. The Morgan fingerprint density at radius 2 is 1.90 bits per heavy atom. The standard InChI is InChI=1S/C37H45N9O5/c1-19(39-30(47)12-13-43-35(49)37(3,4)42-36(43)50)26-10-8-22-14-28(44(33(22)40-26)18-21-6-7-21)32-20(2)45-29(41-32)15-23(16-31(45)51-5)34(48)46-24-9-11-27(46)25(38)17-24/h8,10,14-16,19,21,24-25,27H,6-7,9,11-13,17-18,38H2,1-5H3,(H,39,47)(H,42,50)/t19-,24+,25-,27-/m1/s1. The number of hydrogen-bond acceptors (Lipinski definition) is 8. The van der Waals surface area contributed by atoms with Crippen molar-refractivity contribution < 1.29 is 23.9 Å². The number of methoxy groups -OCH3 is 1. The number of amides is 5. The van der Waals surface area contributed by atoms with Gasteiger partial charge in [-0.25, -0.2) is 14.8 Å². The van der Waals surface area contributed by atoms with E-state index in [0.29, 0.717) is 28.7 Å². The van der Waals surface area contributed by atoms with Gasteiger partial charge in [0.05, 0.1) is 30.2 Å². The lowest BCUT2D eigenvalue weighted by Gasteiger charge is -2.23. The summed E-state index contributed by atoms with van der Waals surface area (Å²) in [7, 11) is 1.61. The van der Waals surface area contributed by atoms with Crippen LogP contribution in [0.1, 0.15) is 87.1 Å². The molecule has 4 aromatic rings. The molecule has 0 radical (unpaired) electrons. The number of urea groups is 1. The van der Waals surface area contributed by atoms with Crippen molar-refractivity contribution in [3.8, 4) is 17.3 Å². The van der Waals surface area contributed by atoms with E-state index < -0.39 is 17.6 Å². The van der Waals surface area contributed by atoms with Crippen LogP contribution < -0.4 is 21.1 Å². The van der Waals surface area contributed by atoms with E-state index >= 15 is 0 Å². The SMILES string of the molecule is COc1cc(C(=O)N2[C@H]3CC[C@@H]2[C@H](N)C3)cc2nc(-c3cc4ccc([C@@H](C)NC(=O)CCN5C(=O)NC(C)(C)C5=O)nc4n3CC3CC3)c(C)n12. The van der Waals surface area contributed by atoms with Crippen molar-refractivity contribution in [2.24, 2.45) is 11.7 Å². The Kier molecular flexibility index (Phi) is 7.85. The number of aryl methyl sites for hydroxylation is 1. The van der Waals surface area contributed by atoms with Gasteiger partial charge >= 0.3 is 6.03 Å². The molecule has 268 valence electrons. The summed E-state index contributed by atoms with van der Waals surface area (Å²) < 4.78 is 10.0. The van der Waals surface area contributed by atoms with Crippen molar-refractivity contribution in [1.82, 2.24) is 39.4 Å². The summed E-state index contributed by atoms with van der Waals surface area (Å²) in [6, 6.07) is 9.06. The van der Waals surface area contributed by atoms with E-state index in [2.05, 4.69) is 21.3 Å². The van der Waals surface area contributed by atoms with Gasteiger partial charge in [-0.3, -0.25) is 23.7 Å². The predicted octanol–water partition coefficient (Wildman–Crippen LogP) is 3.68. The Labute approximate surface area is 295 Å². The number of fused-ring (bicyclic) bond motifs is 4. The Bertz CT molecular complexity index is 2110. The lowest BCUT2D eigenvalue weighted by molar-refractivity contribution is -0.130. The number of pyridine rings is 2. The first-order valence-electron chi connectivity index (χ1n) is 17.9. The smallest absolute Gasteiger partial charge is 0.325 e. The number of aromatic nitrogens is 4. The normalized spacial score (nSPS) is 23.1. The summed E-state index contributed by atoms with van der Waals surface area (Å²) in [4.78, 5) is 64.8. The highest BCUT2D eigenvalue weighted by Crippen LogP contribution is 2.40. The molecule has 3 saturated heterocycles. The minimum Gasteiger partial charge on any atom is -0.482 e. The lowest BCUT2D eigenvalue weighted by Crippen LogP contribution is -2.40. The monoisotopic (exact) mass is 695 g/mol. The molecule has 4 fully saturated rings. The molecule has 4 aliphatic rings. The number of imide groups is 1. The third-order valence-electron chi connectivity index (χ3n) is 11.2. The fourth-order valence-electron chi connectivity index (χ4n) is 8.24. The zero-order valence-electron chi connectivity index (χ0n) is 29.7. The first-order chi connectivity index (χ1) is 24.3. The molecule has 14 heteroatoms. The fraction of sp³-hybridized carbons (Fsp3) is 0.514. The number of carbonyl (C=O) groups is 4. The molecule has 0 aromatic carbocycles. The summed E-state index contributed by atoms with van der Waals surface area (Å²) in [5, 5.41) is 6.58. The molecule has 5 amide bonds. The van der Waals surface area contributed by atoms with E-state index in [0.717, 1.165) is 71.7 Å². The Balaban J connectivity index is 1.08. The maximum Gasteiger partial charge on any atom is 0.325 e. The van der Waals surface area contributed by atoms with Crippen molar-refractivity contribution in [1.29, 1.82) is 0 Å². The van der Waals surface area contributed by atoms with Crippen molar-refractivity contribution in [2.75, 3.05) is 13.7 Å². The van der Waals surface area contributed by atoms with Gasteiger partial charge in [0.25, 0.3) is 11.8 Å². The third kappa shape index (κ3) is 5.60. The summed E-state index contributed by atoms with van der Waals surface area (Å²) in [5.74, 6) is 0.418. The number of rotatable bonds is 10. The number of nitrogens with zero attached hydrogens (tertiary/aromatic N) is 6. The van der Waals surface area contributed by atoms with Crippen LogP contribution >= 0.6 is 0 Å². The van der Waals surface area contributed by atoms with E-state index in [1.165, 1.54) is 0 Å². The van der Waals surface area contributed by atoms with Crippen LogP contribution in [-0.4, -0.2) is 89.8 Å². The number of nitrogens with one attached hydrogen (secondary N) is 2. The van der Waals surface area contributed by atoms with Crippen LogP contribution in [0.15, 0.2) is 30.3 Å². The highest BCUT2D eigenvalue weighted by atomic mass is 16.5. The third-order valence-corrected chi connectivity index (χ3v) is 11.2. The van der Waals surface area contributed by atoms with Gasteiger partial charge in [0.15, 0.2) is 5.88 Å². The average molecular weight is 696 g/mol. The van der Waals surface area contributed by atoms with Gasteiger partial charge in [-0.2, -0.15) is 0 Å². The minimum absolute atomic E-state index is 0.00102. The topological polar surface area (TPSA) is 169 Å². The van der Waals surface area contributed by atoms with Crippen molar-refractivity contribution in [3.63, 3.8) is 0 Å². The molecule has 0 unspecified atom stereocenters. The van der Waals surface area contributed by atoms with Gasteiger partial charge in [0.1, 0.15) is 22.5 Å². The molecule has 4 N–H and O–H groups in total. The van der Waals surface area contributed by atoms with Crippen LogP contribution in [0.3, 0.4) is 0 Å². The second-order valence-electron chi connectivity index (χ2n) is 15.2. The predicted molar refractivity (Wildman–Crippen MR) is 189 cm³/mol. The largest absolute Gasteiger partial charge is 0.482 e. The highest BCUT2D eigenvalue weighted by Gasteiger charge is 2.47. The molecular formula is C37H45N9O5. The minimum atomic E-state index is -0.980. The van der Waals surface area contributed by atoms with Gasteiger partial charge in [-0.15, -0.1) is 0 Å². The number of hydrogen-bond donors (Lipinski definition) is 3. The van der Waals surface area contributed by atoms with Crippen LogP contribution in [0.4, 0.5) is 4.79 Å². The Morgan fingerprint density at radius 1 is 1.12 bits per heavy atom. The van der Waals surface area contributed by atoms with E-state index in [1.54, 1.807) is 27.0 Å². The van der Waals surface area contributed by atoms with Crippen molar-refractivity contribution >= 4 is 40.4 Å². The Hall–Kier alpha value is -4.98. The maximum atomic E-state index is 13.8. The van der Waals surface area contributed by atoms with Crippen LogP contribution in [0.25, 0.3) is 28.1 Å². The number of imidazole rings is 1. The van der Waals surface area contributed by atoms with E-state index in [1.807, 2.05) is 41.3 Å². The number of ether oxygens (including phenoxy) is 1. The summed E-state index contributed by atoms with van der Waals surface area (Å²) >= 11 is 0. The van der Waals surface area contributed by atoms with E-state index in [-0.39, 0.29) is 48.8 Å². The van der Waals surface area contributed by atoms with Crippen LogP contribution in [0, 0.1) is 12.8 Å². The molecule has 51 heavy (non-hydrogen) atoms. The molecule has 2 bridgehead atoms. The van der Waals surface area contributed by atoms with E-state index in [9.17, 15) is 19.2 Å². The van der Waals surface area contributed by atoms with Gasteiger partial charge in [-0.1, -0.05) is 0 Å². The van der Waals surface area contributed by atoms with E-state index in [4.69, 9.17) is 20.4 Å². The summed E-state index contributed by atoms with van der Waals surface area (Å²) in [6.45, 7) is 7.94. The molecule has 4 atom stereocenters. The van der Waals surface area contributed by atoms with Gasteiger partial charge in [0, 0.05) is 54.7 Å². The first-order valence-corrected chi connectivity index (χ1v) is 17.9. The zero-order valence-corrected chi connectivity index (χ0v) is 29.7. The maximum absolute atomic E-state index is 13.8. The molecular weight excluding hydrogens is 650 g/mol. The molecule has 0 spiro atoms.